The van der Waals surface area contributed by atoms with Crippen molar-refractivity contribution in [2.45, 2.75) is 13.3 Å². The van der Waals surface area contributed by atoms with Crippen molar-refractivity contribution in [3.63, 3.8) is 0 Å². The highest BCUT2D eigenvalue weighted by Gasteiger charge is 2.09. The fourth-order valence-corrected chi connectivity index (χ4v) is 2.17. The molecule has 0 aliphatic rings. The van der Waals surface area contributed by atoms with E-state index in [9.17, 15) is 4.79 Å². The molecule has 0 unspecified atom stereocenters. The van der Waals surface area contributed by atoms with Gasteiger partial charge in [-0.1, -0.05) is 30.7 Å². The van der Waals surface area contributed by atoms with Crippen molar-refractivity contribution in [3.05, 3.63) is 58.6 Å². The first-order valence-electron chi connectivity index (χ1n) is 6.23. The lowest BCUT2D eigenvalue weighted by Crippen LogP contribution is -2.11. The maximum atomic E-state index is 11.1. The molecule has 0 saturated heterocycles. The summed E-state index contributed by atoms with van der Waals surface area (Å²) in [5, 5.41) is 0.623. The van der Waals surface area contributed by atoms with Crippen LogP contribution in [0.25, 0.3) is 0 Å². The predicted octanol–water partition coefficient (Wildman–Crippen LogP) is 4.48. The number of anilines is 2. The van der Waals surface area contributed by atoms with Gasteiger partial charge in [0.05, 0.1) is 5.69 Å². The van der Waals surface area contributed by atoms with Crippen LogP contribution in [-0.2, 0) is 6.42 Å². The van der Waals surface area contributed by atoms with Gasteiger partial charge in [-0.2, -0.15) is 0 Å². The molecule has 0 fully saturated rings. The highest BCUT2D eigenvalue weighted by molar-refractivity contribution is 6.31. The first kappa shape index (κ1) is 13.6. The number of hydrogen-bond acceptors (Lipinski definition) is 2. The van der Waals surface area contributed by atoms with Gasteiger partial charge in [0.2, 0.25) is 0 Å². The first-order valence-corrected chi connectivity index (χ1v) is 6.61. The Hall–Kier alpha value is -1.80. The number of benzene rings is 2. The minimum atomic E-state index is 0.623. The van der Waals surface area contributed by atoms with E-state index in [4.69, 9.17) is 11.6 Å². The molecule has 3 heteroatoms. The summed E-state index contributed by atoms with van der Waals surface area (Å²) in [6.45, 7) is 2.13. The lowest BCUT2D eigenvalue weighted by atomic mass is 10.1. The number of carbonyl (C=O) groups excluding carboxylic acids is 1. The van der Waals surface area contributed by atoms with Crippen LogP contribution in [0.3, 0.4) is 0 Å². The summed E-state index contributed by atoms with van der Waals surface area (Å²) in [6, 6.07) is 13.6. The molecule has 98 valence electrons. The fraction of sp³-hybridized carbons (Fsp3) is 0.188. The van der Waals surface area contributed by atoms with E-state index in [1.807, 2.05) is 24.1 Å². The standard InChI is InChI=1S/C16H16ClNO/c1-3-12-4-8-15(9-5-12)18(2)16-10-14(17)7-6-13(16)11-19/h4-11H,3H2,1-2H3. The molecule has 2 nitrogen and oxygen atoms in total. The van der Waals surface area contributed by atoms with E-state index in [2.05, 4.69) is 19.1 Å². The second-order valence-electron chi connectivity index (χ2n) is 4.40. The Kier molecular flexibility index (Phi) is 4.23. The summed E-state index contributed by atoms with van der Waals surface area (Å²) >= 11 is 6.01. The van der Waals surface area contributed by atoms with Crippen LogP contribution in [0.4, 0.5) is 11.4 Å². The molecule has 2 rings (SSSR count). The average molecular weight is 274 g/mol. The highest BCUT2D eigenvalue weighted by atomic mass is 35.5. The zero-order valence-electron chi connectivity index (χ0n) is 11.1. The van der Waals surface area contributed by atoms with Gasteiger partial charge in [0.25, 0.3) is 0 Å². The molecule has 0 aromatic heterocycles. The van der Waals surface area contributed by atoms with Crippen LogP contribution in [0, 0.1) is 0 Å². The molecule has 0 spiro atoms. The van der Waals surface area contributed by atoms with Crippen molar-refractivity contribution in [2.75, 3.05) is 11.9 Å². The summed E-state index contributed by atoms with van der Waals surface area (Å²) < 4.78 is 0. The Balaban J connectivity index is 2.39. The molecule has 0 aliphatic carbocycles. The quantitative estimate of drug-likeness (QED) is 0.766. The second kappa shape index (κ2) is 5.89. The van der Waals surface area contributed by atoms with E-state index < -0.39 is 0 Å². The molecular formula is C16H16ClNO. The molecule has 2 aromatic rings. The first-order chi connectivity index (χ1) is 9.15. The normalized spacial score (nSPS) is 10.3. The molecule has 0 saturated carbocycles. The third kappa shape index (κ3) is 2.96. The van der Waals surface area contributed by atoms with Gasteiger partial charge in [0.1, 0.15) is 0 Å². The lowest BCUT2D eigenvalue weighted by Gasteiger charge is -2.21. The summed E-state index contributed by atoms with van der Waals surface area (Å²) in [4.78, 5) is 13.1. The smallest absolute Gasteiger partial charge is 0.152 e. The van der Waals surface area contributed by atoms with Gasteiger partial charge in [-0.15, -0.1) is 0 Å². The molecule has 0 amide bonds. The minimum absolute atomic E-state index is 0.623. The van der Waals surface area contributed by atoms with Gasteiger partial charge in [0.15, 0.2) is 6.29 Å². The highest BCUT2D eigenvalue weighted by Crippen LogP contribution is 2.29. The fourth-order valence-electron chi connectivity index (χ4n) is 2.00. The number of hydrogen-bond donors (Lipinski definition) is 0. The molecule has 0 heterocycles. The summed E-state index contributed by atoms with van der Waals surface area (Å²) in [7, 11) is 1.93. The van der Waals surface area contributed by atoms with Gasteiger partial charge in [-0.3, -0.25) is 4.79 Å². The summed E-state index contributed by atoms with van der Waals surface area (Å²) in [5.74, 6) is 0. The van der Waals surface area contributed by atoms with Gasteiger partial charge < -0.3 is 4.90 Å². The van der Waals surface area contributed by atoms with E-state index in [0.29, 0.717) is 10.6 Å². The van der Waals surface area contributed by atoms with Crippen LogP contribution >= 0.6 is 11.6 Å². The van der Waals surface area contributed by atoms with Crippen molar-refractivity contribution in [1.82, 2.24) is 0 Å². The number of carbonyl (C=O) groups is 1. The van der Waals surface area contributed by atoms with Crippen molar-refractivity contribution < 1.29 is 4.79 Å². The Bertz CT molecular complexity index is 578. The van der Waals surface area contributed by atoms with Crippen molar-refractivity contribution >= 4 is 29.3 Å². The topological polar surface area (TPSA) is 20.3 Å². The Morgan fingerprint density at radius 2 is 1.84 bits per heavy atom. The number of nitrogens with zero attached hydrogens (tertiary/aromatic N) is 1. The largest absolute Gasteiger partial charge is 0.344 e. The Labute approximate surface area is 118 Å². The van der Waals surface area contributed by atoms with Gasteiger partial charge in [-0.05, 0) is 42.3 Å². The molecule has 2 aromatic carbocycles. The SMILES string of the molecule is CCc1ccc(N(C)c2cc(Cl)ccc2C=O)cc1. The van der Waals surface area contributed by atoms with E-state index in [1.54, 1.807) is 18.2 Å². The molecular weight excluding hydrogens is 258 g/mol. The van der Waals surface area contributed by atoms with Crippen LogP contribution in [0.2, 0.25) is 5.02 Å². The third-order valence-corrected chi connectivity index (χ3v) is 3.45. The molecule has 0 bridgehead atoms. The number of aldehydes is 1. The van der Waals surface area contributed by atoms with Crippen LogP contribution in [0.1, 0.15) is 22.8 Å². The summed E-state index contributed by atoms with van der Waals surface area (Å²) in [6.07, 6.45) is 1.86. The zero-order chi connectivity index (χ0) is 13.8. The van der Waals surface area contributed by atoms with Gasteiger partial charge in [-0.25, -0.2) is 0 Å². The van der Waals surface area contributed by atoms with Crippen molar-refractivity contribution in [1.29, 1.82) is 0 Å². The molecule has 0 N–H and O–H groups in total. The van der Waals surface area contributed by atoms with Gasteiger partial charge >= 0.3 is 0 Å². The molecule has 0 aliphatic heterocycles. The lowest BCUT2D eigenvalue weighted by molar-refractivity contribution is 0.112. The number of halogens is 1. The number of rotatable bonds is 4. The van der Waals surface area contributed by atoms with E-state index in [0.717, 1.165) is 24.1 Å². The molecule has 0 atom stereocenters. The maximum Gasteiger partial charge on any atom is 0.152 e. The van der Waals surface area contributed by atoms with Crippen molar-refractivity contribution in [3.8, 4) is 0 Å². The predicted molar refractivity (Wildman–Crippen MR) is 80.7 cm³/mol. The molecule has 0 radical (unpaired) electrons. The Morgan fingerprint density at radius 1 is 1.16 bits per heavy atom. The van der Waals surface area contributed by atoms with E-state index in [-0.39, 0.29) is 0 Å². The van der Waals surface area contributed by atoms with E-state index in [1.165, 1.54) is 5.56 Å². The number of aryl methyl sites for hydroxylation is 1. The van der Waals surface area contributed by atoms with Crippen LogP contribution < -0.4 is 4.90 Å². The Morgan fingerprint density at radius 3 is 2.42 bits per heavy atom. The summed E-state index contributed by atoms with van der Waals surface area (Å²) in [5.41, 5.74) is 3.76. The minimum Gasteiger partial charge on any atom is -0.344 e. The van der Waals surface area contributed by atoms with E-state index >= 15 is 0 Å². The van der Waals surface area contributed by atoms with Crippen LogP contribution in [0.5, 0.6) is 0 Å². The second-order valence-corrected chi connectivity index (χ2v) is 4.84. The maximum absolute atomic E-state index is 11.1. The molecule has 19 heavy (non-hydrogen) atoms. The zero-order valence-corrected chi connectivity index (χ0v) is 11.8. The third-order valence-electron chi connectivity index (χ3n) is 3.21. The monoisotopic (exact) mass is 273 g/mol. The van der Waals surface area contributed by atoms with Gasteiger partial charge in [0, 0.05) is 23.3 Å². The van der Waals surface area contributed by atoms with Crippen LogP contribution in [0.15, 0.2) is 42.5 Å². The average Bonchev–Trinajstić information content (AvgIpc) is 2.46. The van der Waals surface area contributed by atoms with Crippen molar-refractivity contribution in [2.24, 2.45) is 0 Å². The van der Waals surface area contributed by atoms with Crippen LogP contribution in [-0.4, -0.2) is 13.3 Å².